The first kappa shape index (κ1) is 22.3. The molecule has 29 heavy (non-hydrogen) atoms. The van der Waals surface area contributed by atoms with Gasteiger partial charge >= 0.3 is 0 Å². The van der Waals surface area contributed by atoms with Gasteiger partial charge in [0, 0.05) is 18.5 Å². The zero-order chi connectivity index (χ0) is 21.3. The molecule has 0 bridgehead atoms. The molecule has 0 aromatic heterocycles. The van der Waals surface area contributed by atoms with E-state index in [9.17, 15) is 22.4 Å². The Kier molecular flexibility index (Phi) is 8.10. The molecule has 2 rings (SSSR count). The third-order valence-electron chi connectivity index (χ3n) is 3.74. The van der Waals surface area contributed by atoms with Crippen molar-refractivity contribution in [2.24, 2.45) is 0 Å². The first-order chi connectivity index (χ1) is 13.8. The number of benzene rings is 2. The zero-order valence-electron chi connectivity index (χ0n) is 15.8. The van der Waals surface area contributed by atoms with Gasteiger partial charge in [-0.05, 0) is 61.9 Å². The normalized spacial score (nSPS) is 11.0. The average Bonchev–Trinajstić information content (AvgIpc) is 2.70. The van der Waals surface area contributed by atoms with Crippen LogP contribution in [0.25, 0.3) is 0 Å². The fourth-order valence-corrected chi connectivity index (χ4v) is 3.36. The third kappa shape index (κ3) is 7.16. The van der Waals surface area contributed by atoms with Gasteiger partial charge in [0.05, 0.1) is 11.5 Å². The van der Waals surface area contributed by atoms with E-state index < -0.39 is 27.7 Å². The van der Waals surface area contributed by atoms with Crippen LogP contribution in [0.5, 0.6) is 5.75 Å². The van der Waals surface area contributed by atoms with Gasteiger partial charge in [-0.2, -0.15) is 0 Å². The second-order valence-corrected chi connectivity index (χ2v) is 7.68. The molecular weight excluding hydrogens is 401 g/mol. The van der Waals surface area contributed by atoms with E-state index in [0.29, 0.717) is 17.9 Å². The Morgan fingerprint density at radius 2 is 1.66 bits per heavy atom. The van der Waals surface area contributed by atoms with E-state index in [-0.39, 0.29) is 24.3 Å². The summed E-state index contributed by atoms with van der Waals surface area (Å²) in [5.74, 6) is -0.854. The predicted molar refractivity (Wildman–Crippen MR) is 104 cm³/mol. The van der Waals surface area contributed by atoms with Gasteiger partial charge in [-0.25, -0.2) is 17.5 Å². The summed E-state index contributed by atoms with van der Waals surface area (Å²) in [4.78, 5) is 23.7. The van der Waals surface area contributed by atoms with E-state index in [4.69, 9.17) is 4.74 Å². The summed E-state index contributed by atoms with van der Waals surface area (Å²) in [6.45, 7) is 2.38. The minimum Gasteiger partial charge on any atom is -0.494 e. The molecule has 2 amide bonds. The smallest absolute Gasteiger partial charge is 0.269 e. The number of carbonyl (C=O) groups is 2. The minimum absolute atomic E-state index is 0.00447. The number of rotatable bonds is 9. The Labute approximate surface area is 168 Å². The summed E-state index contributed by atoms with van der Waals surface area (Å²) >= 11 is 0. The van der Waals surface area contributed by atoms with Crippen LogP contribution < -0.4 is 20.3 Å². The molecule has 0 fully saturated rings. The number of hydrogen-bond donors (Lipinski definition) is 3. The molecule has 0 aliphatic rings. The molecule has 0 spiro atoms. The van der Waals surface area contributed by atoms with Crippen LogP contribution in [0.15, 0.2) is 53.4 Å². The Morgan fingerprint density at radius 1 is 1.00 bits per heavy atom. The van der Waals surface area contributed by atoms with Crippen molar-refractivity contribution in [3.05, 3.63) is 59.9 Å². The first-order valence-corrected chi connectivity index (χ1v) is 10.4. The van der Waals surface area contributed by atoms with Gasteiger partial charge in [-0.15, -0.1) is 0 Å². The molecule has 0 saturated heterocycles. The Hall–Kier alpha value is -2.98. The molecule has 0 unspecified atom stereocenters. The molecule has 8 nitrogen and oxygen atoms in total. The maximum Gasteiger partial charge on any atom is 0.269 e. The van der Waals surface area contributed by atoms with Crippen LogP contribution in [0, 0.1) is 5.82 Å². The molecule has 2 aromatic carbocycles. The molecule has 0 aliphatic carbocycles. The molecule has 0 aliphatic heterocycles. The molecular formula is C19H22FN3O5S. The van der Waals surface area contributed by atoms with E-state index in [2.05, 4.69) is 15.6 Å². The van der Waals surface area contributed by atoms with E-state index in [1.54, 1.807) is 24.3 Å². The van der Waals surface area contributed by atoms with Crippen LogP contribution in [0.1, 0.15) is 30.1 Å². The summed E-state index contributed by atoms with van der Waals surface area (Å²) in [6.07, 6.45) is 0.209. The largest absolute Gasteiger partial charge is 0.494 e. The number of carbonyl (C=O) groups excluding carboxylic acids is 2. The standard InChI is InChI=1S/C19H22FN3O5S/c1-2-28-16-9-5-14(6-10-16)19(25)23-22-18(24)4-3-13-21-29(26,27)17-11-7-15(20)8-12-17/h5-12,21H,2-4,13H2,1H3,(H,22,24)(H,23,25). The second kappa shape index (κ2) is 10.5. The number of ether oxygens (including phenoxy) is 1. The molecule has 0 saturated carbocycles. The van der Waals surface area contributed by atoms with Crippen LogP contribution in [0.4, 0.5) is 4.39 Å². The van der Waals surface area contributed by atoms with Gasteiger partial charge < -0.3 is 4.74 Å². The fourth-order valence-electron chi connectivity index (χ4n) is 2.28. The lowest BCUT2D eigenvalue weighted by atomic mass is 10.2. The topological polar surface area (TPSA) is 114 Å². The zero-order valence-corrected chi connectivity index (χ0v) is 16.6. The number of nitrogens with one attached hydrogen (secondary N) is 3. The van der Waals surface area contributed by atoms with Gasteiger partial charge in [0.2, 0.25) is 15.9 Å². The number of hydrogen-bond acceptors (Lipinski definition) is 5. The van der Waals surface area contributed by atoms with Crippen molar-refractivity contribution in [1.82, 2.24) is 15.6 Å². The number of sulfonamides is 1. The monoisotopic (exact) mass is 423 g/mol. The maximum absolute atomic E-state index is 12.9. The predicted octanol–water partition coefficient (Wildman–Crippen LogP) is 1.74. The maximum atomic E-state index is 12.9. The highest BCUT2D eigenvalue weighted by Crippen LogP contribution is 2.12. The number of halogens is 1. The Balaban J connectivity index is 1.70. The molecule has 10 heteroatoms. The fraction of sp³-hybridized carbons (Fsp3) is 0.263. The van der Waals surface area contributed by atoms with Gasteiger partial charge in [-0.1, -0.05) is 0 Å². The lowest BCUT2D eigenvalue weighted by Crippen LogP contribution is -2.41. The van der Waals surface area contributed by atoms with Crippen LogP contribution in [-0.2, 0) is 14.8 Å². The first-order valence-electron chi connectivity index (χ1n) is 8.89. The summed E-state index contributed by atoms with van der Waals surface area (Å²) < 4.78 is 44.5. The highest BCUT2D eigenvalue weighted by Gasteiger charge is 2.13. The lowest BCUT2D eigenvalue weighted by molar-refractivity contribution is -0.121. The van der Waals surface area contributed by atoms with Crippen molar-refractivity contribution >= 4 is 21.8 Å². The molecule has 156 valence electrons. The lowest BCUT2D eigenvalue weighted by Gasteiger charge is -2.09. The van der Waals surface area contributed by atoms with Crippen LogP contribution >= 0.6 is 0 Å². The minimum atomic E-state index is -3.77. The van der Waals surface area contributed by atoms with Crippen LogP contribution in [-0.4, -0.2) is 33.4 Å². The van der Waals surface area contributed by atoms with Crippen molar-refractivity contribution in [1.29, 1.82) is 0 Å². The molecule has 0 heterocycles. The highest BCUT2D eigenvalue weighted by atomic mass is 32.2. The van der Waals surface area contributed by atoms with E-state index in [1.165, 1.54) is 0 Å². The van der Waals surface area contributed by atoms with Crippen molar-refractivity contribution in [3.63, 3.8) is 0 Å². The summed E-state index contributed by atoms with van der Waals surface area (Å²) in [5.41, 5.74) is 4.90. The van der Waals surface area contributed by atoms with E-state index in [1.807, 2.05) is 6.92 Å². The van der Waals surface area contributed by atoms with Gasteiger partial charge in [0.15, 0.2) is 0 Å². The van der Waals surface area contributed by atoms with Gasteiger partial charge in [0.1, 0.15) is 11.6 Å². The SMILES string of the molecule is CCOc1ccc(C(=O)NNC(=O)CCCNS(=O)(=O)c2ccc(F)cc2)cc1. The molecule has 0 radical (unpaired) electrons. The van der Waals surface area contributed by atoms with E-state index >= 15 is 0 Å². The van der Waals surface area contributed by atoms with Gasteiger partial charge in [-0.3, -0.25) is 20.4 Å². The van der Waals surface area contributed by atoms with Crippen LogP contribution in [0.3, 0.4) is 0 Å². The summed E-state index contributed by atoms with van der Waals surface area (Å²) in [7, 11) is -3.77. The average molecular weight is 423 g/mol. The Bertz CT molecular complexity index is 931. The third-order valence-corrected chi connectivity index (χ3v) is 5.22. The van der Waals surface area contributed by atoms with Crippen molar-refractivity contribution in [2.45, 2.75) is 24.7 Å². The number of amides is 2. The molecule has 2 aromatic rings. The van der Waals surface area contributed by atoms with E-state index in [0.717, 1.165) is 24.3 Å². The quantitative estimate of drug-likeness (QED) is 0.420. The summed E-state index contributed by atoms with van der Waals surface area (Å²) in [5, 5.41) is 0. The summed E-state index contributed by atoms with van der Waals surface area (Å²) in [6, 6.07) is 10.8. The molecule has 0 atom stereocenters. The van der Waals surface area contributed by atoms with Crippen molar-refractivity contribution in [2.75, 3.05) is 13.2 Å². The number of hydrazine groups is 1. The Morgan fingerprint density at radius 3 is 2.28 bits per heavy atom. The second-order valence-electron chi connectivity index (χ2n) is 5.91. The van der Waals surface area contributed by atoms with Crippen molar-refractivity contribution < 1.29 is 27.1 Å². The van der Waals surface area contributed by atoms with Crippen molar-refractivity contribution in [3.8, 4) is 5.75 Å². The van der Waals surface area contributed by atoms with Crippen LogP contribution in [0.2, 0.25) is 0 Å². The molecule has 3 N–H and O–H groups in total. The highest BCUT2D eigenvalue weighted by molar-refractivity contribution is 7.89. The van der Waals surface area contributed by atoms with Gasteiger partial charge in [0.25, 0.3) is 5.91 Å².